The number of aryl methyl sites for hydroxylation is 2. The van der Waals surface area contributed by atoms with Gasteiger partial charge in [-0.15, -0.1) is 0 Å². The Bertz CT molecular complexity index is 465. The van der Waals surface area contributed by atoms with Crippen LogP contribution in [0.4, 0.5) is 0 Å². The van der Waals surface area contributed by atoms with E-state index in [1.807, 2.05) is 6.92 Å². The van der Waals surface area contributed by atoms with Gasteiger partial charge in [0.05, 0.1) is 12.7 Å². The Morgan fingerprint density at radius 2 is 2.05 bits per heavy atom. The lowest BCUT2D eigenvalue weighted by Gasteiger charge is -2.26. The third-order valence-electron chi connectivity index (χ3n) is 3.68. The lowest BCUT2D eigenvalue weighted by atomic mass is 9.92. The molecule has 0 aliphatic rings. The summed E-state index contributed by atoms with van der Waals surface area (Å²) >= 11 is 0. The molecule has 0 saturated carbocycles. The molecule has 1 aromatic carbocycles. The SMILES string of the molecule is CCNC(C#N)(CC)CCCOc1cc(C)ccc1C. The number of ether oxygens (including phenoxy) is 1. The van der Waals surface area contributed by atoms with Crippen LogP contribution in [0.25, 0.3) is 0 Å². The van der Waals surface area contributed by atoms with Crippen molar-refractivity contribution < 1.29 is 4.74 Å². The normalized spacial score (nSPS) is 13.6. The van der Waals surface area contributed by atoms with Crippen molar-refractivity contribution in [3.8, 4) is 11.8 Å². The lowest BCUT2D eigenvalue weighted by molar-refractivity contribution is 0.276. The van der Waals surface area contributed by atoms with Crippen LogP contribution in [0.3, 0.4) is 0 Å². The molecular weight excluding hydrogens is 248 g/mol. The van der Waals surface area contributed by atoms with Crippen molar-refractivity contribution in [3.63, 3.8) is 0 Å². The largest absolute Gasteiger partial charge is 0.493 e. The predicted octanol–water partition coefficient (Wildman–Crippen LogP) is 3.74. The van der Waals surface area contributed by atoms with Gasteiger partial charge in [0.25, 0.3) is 0 Å². The summed E-state index contributed by atoms with van der Waals surface area (Å²) in [5, 5.41) is 12.6. The molecule has 0 aliphatic carbocycles. The van der Waals surface area contributed by atoms with E-state index in [1.165, 1.54) is 5.56 Å². The first-order valence-electron chi connectivity index (χ1n) is 7.43. The summed E-state index contributed by atoms with van der Waals surface area (Å²) in [6, 6.07) is 8.65. The molecule has 0 aliphatic heterocycles. The van der Waals surface area contributed by atoms with Crippen molar-refractivity contribution in [3.05, 3.63) is 29.3 Å². The number of nitrogens with zero attached hydrogens (tertiary/aromatic N) is 1. The first-order valence-corrected chi connectivity index (χ1v) is 7.43. The first kappa shape index (κ1) is 16.5. The molecule has 0 radical (unpaired) electrons. The van der Waals surface area contributed by atoms with Crippen molar-refractivity contribution in [1.29, 1.82) is 5.26 Å². The van der Waals surface area contributed by atoms with Crippen LogP contribution in [0.2, 0.25) is 0 Å². The molecule has 1 atom stereocenters. The highest BCUT2D eigenvalue weighted by atomic mass is 16.5. The van der Waals surface area contributed by atoms with Crippen LogP contribution in [-0.4, -0.2) is 18.7 Å². The number of nitriles is 1. The summed E-state index contributed by atoms with van der Waals surface area (Å²) in [5.74, 6) is 0.951. The van der Waals surface area contributed by atoms with E-state index in [0.717, 1.165) is 37.1 Å². The molecule has 1 rings (SSSR count). The van der Waals surface area contributed by atoms with Gasteiger partial charge in [0.15, 0.2) is 0 Å². The monoisotopic (exact) mass is 274 g/mol. The fourth-order valence-corrected chi connectivity index (χ4v) is 2.32. The van der Waals surface area contributed by atoms with Gasteiger partial charge in [-0.05, 0) is 56.8 Å². The van der Waals surface area contributed by atoms with Gasteiger partial charge < -0.3 is 4.74 Å². The maximum absolute atomic E-state index is 9.35. The van der Waals surface area contributed by atoms with Gasteiger partial charge in [0, 0.05) is 0 Å². The standard InChI is InChI=1S/C17H26N2O/c1-5-17(13-18,19-6-2)10-7-11-20-16-12-14(3)8-9-15(16)4/h8-9,12,19H,5-7,10-11H2,1-4H3. The number of hydrogen-bond donors (Lipinski definition) is 1. The van der Waals surface area contributed by atoms with Gasteiger partial charge in [0.2, 0.25) is 0 Å². The molecule has 0 aromatic heterocycles. The molecule has 1 N–H and O–H groups in total. The summed E-state index contributed by atoms with van der Waals surface area (Å²) < 4.78 is 5.84. The van der Waals surface area contributed by atoms with Gasteiger partial charge in [-0.25, -0.2) is 0 Å². The number of hydrogen-bond acceptors (Lipinski definition) is 3. The van der Waals surface area contributed by atoms with Crippen LogP contribution in [0, 0.1) is 25.2 Å². The van der Waals surface area contributed by atoms with Gasteiger partial charge in [-0.3, -0.25) is 5.32 Å². The van der Waals surface area contributed by atoms with E-state index in [0.29, 0.717) is 6.61 Å². The third kappa shape index (κ3) is 4.54. The Kier molecular flexibility index (Phi) is 6.54. The van der Waals surface area contributed by atoms with Crippen LogP contribution in [-0.2, 0) is 0 Å². The first-order chi connectivity index (χ1) is 9.56. The van der Waals surface area contributed by atoms with Crippen molar-refractivity contribution in [2.75, 3.05) is 13.2 Å². The molecular formula is C17H26N2O. The molecule has 0 spiro atoms. The molecule has 0 heterocycles. The summed E-state index contributed by atoms with van der Waals surface area (Å²) in [6.45, 7) is 9.68. The third-order valence-corrected chi connectivity index (χ3v) is 3.68. The van der Waals surface area contributed by atoms with Crippen LogP contribution in [0.15, 0.2) is 18.2 Å². The molecule has 110 valence electrons. The lowest BCUT2D eigenvalue weighted by Crippen LogP contribution is -2.43. The van der Waals surface area contributed by atoms with Crippen molar-refractivity contribution in [2.45, 2.75) is 52.5 Å². The van der Waals surface area contributed by atoms with Gasteiger partial charge >= 0.3 is 0 Å². The minimum Gasteiger partial charge on any atom is -0.493 e. The summed E-state index contributed by atoms with van der Waals surface area (Å²) in [7, 11) is 0. The molecule has 0 bridgehead atoms. The maximum Gasteiger partial charge on any atom is 0.122 e. The highest BCUT2D eigenvalue weighted by molar-refractivity contribution is 5.35. The predicted molar refractivity (Wildman–Crippen MR) is 83.0 cm³/mol. The highest BCUT2D eigenvalue weighted by Crippen LogP contribution is 2.21. The van der Waals surface area contributed by atoms with Crippen molar-refractivity contribution in [2.24, 2.45) is 0 Å². The maximum atomic E-state index is 9.35. The van der Waals surface area contributed by atoms with E-state index < -0.39 is 5.54 Å². The fourth-order valence-electron chi connectivity index (χ4n) is 2.32. The molecule has 1 unspecified atom stereocenters. The Hall–Kier alpha value is -1.53. The quantitative estimate of drug-likeness (QED) is 0.734. The summed E-state index contributed by atoms with van der Waals surface area (Å²) in [4.78, 5) is 0. The van der Waals surface area contributed by atoms with Crippen LogP contribution in [0.1, 0.15) is 44.2 Å². The summed E-state index contributed by atoms with van der Waals surface area (Å²) in [6.07, 6.45) is 2.52. The van der Waals surface area contributed by atoms with E-state index in [2.05, 4.69) is 50.4 Å². The van der Waals surface area contributed by atoms with Crippen LogP contribution in [0.5, 0.6) is 5.75 Å². The highest BCUT2D eigenvalue weighted by Gasteiger charge is 2.25. The van der Waals surface area contributed by atoms with E-state index in [1.54, 1.807) is 0 Å². The molecule has 1 aromatic rings. The van der Waals surface area contributed by atoms with Crippen molar-refractivity contribution >= 4 is 0 Å². The summed E-state index contributed by atoms with van der Waals surface area (Å²) in [5.41, 5.74) is 1.96. The topological polar surface area (TPSA) is 45.0 Å². The van der Waals surface area contributed by atoms with Gasteiger partial charge in [0.1, 0.15) is 11.3 Å². The Morgan fingerprint density at radius 1 is 1.30 bits per heavy atom. The number of benzene rings is 1. The van der Waals surface area contributed by atoms with Crippen molar-refractivity contribution in [1.82, 2.24) is 5.32 Å². The molecule has 0 amide bonds. The van der Waals surface area contributed by atoms with Gasteiger partial charge in [-0.2, -0.15) is 5.26 Å². The Labute approximate surface area is 123 Å². The Morgan fingerprint density at radius 3 is 2.65 bits per heavy atom. The second-order valence-electron chi connectivity index (χ2n) is 5.30. The minimum atomic E-state index is -0.403. The minimum absolute atomic E-state index is 0.403. The number of nitrogens with one attached hydrogen (secondary N) is 1. The molecule has 20 heavy (non-hydrogen) atoms. The van der Waals surface area contributed by atoms with E-state index in [4.69, 9.17) is 4.74 Å². The smallest absolute Gasteiger partial charge is 0.122 e. The second kappa shape index (κ2) is 7.91. The van der Waals surface area contributed by atoms with E-state index >= 15 is 0 Å². The zero-order chi connectivity index (χ0) is 15.0. The average Bonchev–Trinajstić information content (AvgIpc) is 2.46. The van der Waals surface area contributed by atoms with Gasteiger partial charge in [-0.1, -0.05) is 26.0 Å². The Balaban J connectivity index is 2.48. The van der Waals surface area contributed by atoms with E-state index in [-0.39, 0.29) is 0 Å². The zero-order valence-corrected chi connectivity index (χ0v) is 13.1. The molecule has 0 fully saturated rings. The molecule has 0 saturated heterocycles. The zero-order valence-electron chi connectivity index (χ0n) is 13.1. The van der Waals surface area contributed by atoms with E-state index in [9.17, 15) is 5.26 Å². The second-order valence-corrected chi connectivity index (χ2v) is 5.30. The van der Waals surface area contributed by atoms with Crippen LogP contribution >= 0.6 is 0 Å². The fraction of sp³-hybridized carbons (Fsp3) is 0.588. The average molecular weight is 274 g/mol. The molecule has 3 nitrogen and oxygen atoms in total. The molecule has 3 heteroatoms. The van der Waals surface area contributed by atoms with Crippen LogP contribution < -0.4 is 10.1 Å². The number of rotatable bonds is 8.